The minimum atomic E-state index is -3.65. The lowest BCUT2D eigenvalue weighted by Gasteiger charge is -2.34. The molecule has 1 aliphatic heterocycles. The molecule has 26 heavy (non-hydrogen) atoms. The van der Waals surface area contributed by atoms with Crippen LogP contribution in [0.15, 0.2) is 35.7 Å². The van der Waals surface area contributed by atoms with Crippen LogP contribution in [0.1, 0.15) is 24.4 Å². The molecule has 1 aliphatic carbocycles. The topological polar surface area (TPSA) is 88.3 Å². The van der Waals surface area contributed by atoms with E-state index in [0.29, 0.717) is 25.9 Å². The number of aliphatic hydroxyl groups excluding tert-OH is 1. The Morgan fingerprint density at radius 2 is 1.96 bits per heavy atom. The van der Waals surface area contributed by atoms with Gasteiger partial charge in [-0.05, 0) is 49.3 Å². The van der Waals surface area contributed by atoms with Crippen molar-refractivity contribution in [2.24, 2.45) is 11.8 Å². The summed E-state index contributed by atoms with van der Waals surface area (Å²) in [5.41, 5.74) is 0.919. The number of aromatic nitrogens is 3. The second-order valence-electron chi connectivity index (χ2n) is 7.26. The van der Waals surface area contributed by atoms with E-state index in [4.69, 9.17) is 11.6 Å². The van der Waals surface area contributed by atoms with Crippen molar-refractivity contribution >= 4 is 21.6 Å². The highest BCUT2D eigenvalue weighted by Gasteiger charge is 2.46. The Bertz CT molecular complexity index is 903. The van der Waals surface area contributed by atoms with Crippen molar-refractivity contribution in [3.05, 3.63) is 41.4 Å². The van der Waals surface area contributed by atoms with Crippen molar-refractivity contribution in [3.63, 3.8) is 0 Å². The van der Waals surface area contributed by atoms with Crippen LogP contribution in [-0.4, -0.2) is 51.8 Å². The average Bonchev–Trinajstić information content (AvgIpc) is 3.22. The van der Waals surface area contributed by atoms with Crippen molar-refractivity contribution in [1.29, 1.82) is 0 Å². The van der Waals surface area contributed by atoms with Gasteiger partial charge in [-0.2, -0.15) is 9.40 Å². The maximum atomic E-state index is 13.1. The zero-order valence-electron chi connectivity index (χ0n) is 14.4. The van der Waals surface area contributed by atoms with Gasteiger partial charge in [-0.3, -0.25) is 0 Å². The molecule has 0 spiro atoms. The van der Waals surface area contributed by atoms with E-state index in [1.807, 2.05) is 6.92 Å². The minimum Gasteiger partial charge on any atom is -0.391 e. The standard InChI is InChI=1S/C17H21ClN4O3S/c1-11-2-3-17(14(18)4-11)26(24,25)21-7-12-5-15(22-10-19-9-20-22)16(23)6-13(12)8-21/h2-4,9-10,12-13,15-16,23H,5-8H2,1H3/t12-,13+,15-,16-/m1/s1. The summed E-state index contributed by atoms with van der Waals surface area (Å²) in [7, 11) is -3.65. The Morgan fingerprint density at radius 1 is 1.23 bits per heavy atom. The van der Waals surface area contributed by atoms with Gasteiger partial charge in [-0.25, -0.2) is 18.1 Å². The number of fused-ring (bicyclic) bond motifs is 1. The molecule has 2 aromatic rings. The molecule has 1 saturated heterocycles. The largest absolute Gasteiger partial charge is 0.391 e. The van der Waals surface area contributed by atoms with Gasteiger partial charge in [-0.1, -0.05) is 17.7 Å². The molecule has 4 rings (SSSR count). The molecule has 2 aliphatic rings. The van der Waals surface area contributed by atoms with Crippen molar-refractivity contribution in [2.45, 2.75) is 36.8 Å². The Balaban J connectivity index is 1.56. The van der Waals surface area contributed by atoms with Crippen molar-refractivity contribution < 1.29 is 13.5 Å². The number of sulfonamides is 1. The van der Waals surface area contributed by atoms with E-state index in [1.165, 1.54) is 10.6 Å². The lowest BCUT2D eigenvalue weighted by molar-refractivity contribution is 0.0305. The predicted molar refractivity (Wildman–Crippen MR) is 96.2 cm³/mol. The first-order chi connectivity index (χ1) is 12.4. The lowest BCUT2D eigenvalue weighted by atomic mass is 9.77. The number of rotatable bonds is 3. The summed E-state index contributed by atoms with van der Waals surface area (Å²) < 4.78 is 29.3. The molecule has 9 heteroatoms. The monoisotopic (exact) mass is 396 g/mol. The summed E-state index contributed by atoms with van der Waals surface area (Å²) in [5, 5.41) is 14.9. The third-order valence-electron chi connectivity index (χ3n) is 5.56. The fourth-order valence-electron chi connectivity index (χ4n) is 4.19. The number of aryl methyl sites for hydroxylation is 1. The van der Waals surface area contributed by atoms with Crippen molar-refractivity contribution in [1.82, 2.24) is 19.1 Å². The molecule has 1 N–H and O–H groups in total. The summed E-state index contributed by atoms with van der Waals surface area (Å²) in [4.78, 5) is 4.10. The van der Waals surface area contributed by atoms with Gasteiger partial charge in [-0.15, -0.1) is 0 Å². The predicted octanol–water partition coefficient (Wildman–Crippen LogP) is 1.87. The van der Waals surface area contributed by atoms with E-state index >= 15 is 0 Å². The molecule has 2 fully saturated rings. The van der Waals surface area contributed by atoms with Crippen LogP contribution in [0.25, 0.3) is 0 Å². The highest BCUT2D eigenvalue weighted by atomic mass is 35.5. The number of benzene rings is 1. The molecular formula is C17H21ClN4O3S. The van der Waals surface area contributed by atoms with Crippen LogP contribution in [0.3, 0.4) is 0 Å². The van der Waals surface area contributed by atoms with Gasteiger partial charge in [0.1, 0.15) is 17.6 Å². The van der Waals surface area contributed by atoms with Gasteiger partial charge < -0.3 is 5.11 Å². The van der Waals surface area contributed by atoms with E-state index in [1.54, 1.807) is 29.2 Å². The molecule has 0 unspecified atom stereocenters. The van der Waals surface area contributed by atoms with Crippen LogP contribution >= 0.6 is 11.6 Å². The number of nitrogens with zero attached hydrogens (tertiary/aromatic N) is 4. The molecule has 0 radical (unpaired) electrons. The highest BCUT2D eigenvalue weighted by molar-refractivity contribution is 7.89. The van der Waals surface area contributed by atoms with Gasteiger partial charge in [0.25, 0.3) is 0 Å². The van der Waals surface area contributed by atoms with Gasteiger partial charge in [0, 0.05) is 13.1 Å². The Hall–Kier alpha value is -1.48. The quantitative estimate of drug-likeness (QED) is 0.855. The number of halogens is 1. The zero-order chi connectivity index (χ0) is 18.5. The van der Waals surface area contributed by atoms with E-state index in [2.05, 4.69) is 10.1 Å². The number of hydrogen-bond acceptors (Lipinski definition) is 5. The minimum absolute atomic E-state index is 0.142. The molecule has 1 saturated carbocycles. The first-order valence-electron chi connectivity index (χ1n) is 8.64. The third-order valence-corrected chi connectivity index (χ3v) is 7.87. The fourth-order valence-corrected chi connectivity index (χ4v) is 6.31. The molecule has 4 atom stereocenters. The molecule has 1 aromatic heterocycles. The molecule has 1 aromatic carbocycles. The molecular weight excluding hydrogens is 376 g/mol. The van der Waals surface area contributed by atoms with Crippen LogP contribution in [0.5, 0.6) is 0 Å². The van der Waals surface area contributed by atoms with Gasteiger partial charge in [0.15, 0.2) is 0 Å². The van der Waals surface area contributed by atoms with Crippen LogP contribution in [0.4, 0.5) is 0 Å². The van der Waals surface area contributed by atoms with Crippen LogP contribution in [0, 0.1) is 18.8 Å². The molecule has 140 valence electrons. The van der Waals surface area contributed by atoms with Crippen LogP contribution in [-0.2, 0) is 10.0 Å². The van der Waals surface area contributed by atoms with Crippen molar-refractivity contribution in [3.8, 4) is 0 Å². The summed E-state index contributed by atoms with van der Waals surface area (Å²) >= 11 is 6.19. The molecule has 7 nitrogen and oxygen atoms in total. The van der Waals surface area contributed by atoms with E-state index in [0.717, 1.165) is 5.56 Å². The maximum Gasteiger partial charge on any atom is 0.244 e. The molecule has 0 amide bonds. The van der Waals surface area contributed by atoms with Gasteiger partial charge >= 0.3 is 0 Å². The molecule has 2 heterocycles. The van der Waals surface area contributed by atoms with Gasteiger partial charge in [0.2, 0.25) is 10.0 Å². The zero-order valence-corrected chi connectivity index (χ0v) is 15.9. The van der Waals surface area contributed by atoms with E-state index in [9.17, 15) is 13.5 Å². The van der Waals surface area contributed by atoms with Gasteiger partial charge in [0.05, 0.1) is 17.2 Å². The van der Waals surface area contributed by atoms with Crippen LogP contribution in [0.2, 0.25) is 5.02 Å². The fraction of sp³-hybridized carbons (Fsp3) is 0.529. The van der Waals surface area contributed by atoms with E-state index in [-0.39, 0.29) is 27.8 Å². The number of hydrogen-bond donors (Lipinski definition) is 1. The molecule has 0 bridgehead atoms. The normalized spacial score (nSPS) is 29.7. The maximum absolute atomic E-state index is 13.1. The summed E-state index contributed by atoms with van der Waals surface area (Å²) in [6.45, 7) is 2.73. The summed E-state index contributed by atoms with van der Waals surface area (Å²) in [5.74, 6) is 0.329. The Kier molecular flexibility index (Phi) is 4.54. The number of aliphatic hydroxyl groups is 1. The summed E-state index contributed by atoms with van der Waals surface area (Å²) in [6.07, 6.45) is 3.74. The lowest BCUT2D eigenvalue weighted by Crippen LogP contribution is -2.36. The van der Waals surface area contributed by atoms with Crippen LogP contribution < -0.4 is 0 Å². The smallest absolute Gasteiger partial charge is 0.244 e. The summed E-state index contributed by atoms with van der Waals surface area (Å²) in [6, 6.07) is 4.83. The first kappa shape index (κ1) is 17.9. The van der Waals surface area contributed by atoms with Crippen molar-refractivity contribution in [2.75, 3.05) is 13.1 Å². The second kappa shape index (κ2) is 6.60. The first-order valence-corrected chi connectivity index (χ1v) is 10.5. The second-order valence-corrected chi connectivity index (χ2v) is 9.57. The highest BCUT2D eigenvalue weighted by Crippen LogP contribution is 2.43. The SMILES string of the molecule is Cc1ccc(S(=O)(=O)N2C[C@H]3C[C@@H](n4cncn4)[C@H](O)C[C@H]3C2)c(Cl)c1. The third kappa shape index (κ3) is 3.05. The Labute approximate surface area is 157 Å². The average molecular weight is 397 g/mol. The Morgan fingerprint density at radius 3 is 2.62 bits per heavy atom. The van der Waals surface area contributed by atoms with E-state index < -0.39 is 16.1 Å².